The lowest BCUT2D eigenvalue weighted by molar-refractivity contribution is 0.149. The lowest BCUT2D eigenvalue weighted by Crippen LogP contribution is -2.36. The highest BCUT2D eigenvalue weighted by atomic mass is 16.5. The second-order valence-electron chi connectivity index (χ2n) is 6.34. The van der Waals surface area contributed by atoms with E-state index in [1.807, 2.05) is 0 Å². The van der Waals surface area contributed by atoms with Crippen LogP contribution in [0.4, 0.5) is 0 Å². The standard InChI is InChI=1S/C17H25NO/c1-18-13-17(9-5-2-6-10-17)11-14-12-19-16-8-4-3-7-15(14)16/h3-4,7-8,14,18H,2,5-6,9-13H2,1H3. The lowest BCUT2D eigenvalue weighted by atomic mass is 9.68. The number of hydrogen-bond acceptors (Lipinski definition) is 2. The molecule has 0 spiro atoms. The Morgan fingerprint density at radius 2 is 2.00 bits per heavy atom. The van der Waals surface area contributed by atoms with E-state index in [0.29, 0.717) is 11.3 Å². The maximum atomic E-state index is 5.86. The van der Waals surface area contributed by atoms with E-state index in [-0.39, 0.29) is 0 Å². The van der Waals surface area contributed by atoms with Gasteiger partial charge >= 0.3 is 0 Å². The Morgan fingerprint density at radius 3 is 2.79 bits per heavy atom. The minimum Gasteiger partial charge on any atom is -0.493 e. The Hall–Kier alpha value is -1.02. The fourth-order valence-electron chi connectivity index (χ4n) is 4.05. The van der Waals surface area contributed by atoms with Gasteiger partial charge in [0.15, 0.2) is 0 Å². The lowest BCUT2D eigenvalue weighted by Gasteiger charge is -2.39. The van der Waals surface area contributed by atoms with Crippen LogP contribution >= 0.6 is 0 Å². The van der Waals surface area contributed by atoms with Gasteiger partial charge in [-0.25, -0.2) is 0 Å². The zero-order valence-electron chi connectivity index (χ0n) is 12.0. The van der Waals surface area contributed by atoms with Crippen LogP contribution < -0.4 is 10.1 Å². The Kier molecular flexibility index (Phi) is 3.79. The van der Waals surface area contributed by atoms with Crippen molar-refractivity contribution in [3.8, 4) is 5.75 Å². The van der Waals surface area contributed by atoms with Crippen molar-refractivity contribution in [2.24, 2.45) is 5.41 Å². The zero-order valence-corrected chi connectivity index (χ0v) is 12.0. The molecule has 1 aliphatic heterocycles. The maximum Gasteiger partial charge on any atom is 0.122 e. The molecule has 1 aromatic carbocycles. The van der Waals surface area contributed by atoms with Gasteiger partial charge in [0.05, 0.1) is 6.61 Å². The van der Waals surface area contributed by atoms with Crippen LogP contribution in [-0.4, -0.2) is 20.2 Å². The van der Waals surface area contributed by atoms with Gasteiger partial charge in [0.2, 0.25) is 0 Å². The molecular formula is C17H25NO. The van der Waals surface area contributed by atoms with Crippen molar-refractivity contribution >= 4 is 0 Å². The third-order valence-corrected chi connectivity index (χ3v) is 4.94. The highest BCUT2D eigenvalue weighted by Crippen LogP contribution is 2.46. The molecule has 1 aliphatic carbocycles. The number of ether oxygens (including phenoxy) is 1. The van der Waals surface area contributed by atoms with Crippen LogP contribution in [0.2, 0.25) is 0 Å². The molecule has 0 bridgehead atoms. The summed E-state index contributed by atoms with van der Waals surface area (Å²) in [5, 5.41) is 3.44. The molecule has 2 aliphatic rings. The first-order valence-electron chi connectivity index (χ1n) is 7.69. The molecule has 104 valence electrons. The summed E-state index contributed by atoms with van der Waals surface area (Å²) in [4.78, 5) is 0. The average molecular weight is 259 g/mol. The smallest absolute Gasteiger partial charge is 0.122 e. The first-order valence-corrected chi connectivity index (χ1v) is 7.69. The first-order chi connectivity index (χ1) is 9.33. The molecule has 1 unspecified atom stereocenters. The molecule has 0 saturated heterocycles. The molecule has 2 nitrogen and oxygen atoms in total. The molecule has 1 heterocycles. The highest BCUT2D eigenvalue weighted by molar-refractivity contribution is 5.39. The molecule has 0 radical (unpaired) electrons. The van der Waals surface area contributed by atoms with Crippen LogP contribution in [-0.2, 0) is 0 Å². The van der Waals surface area contributed by atoms with Crippen LogP contribution in [0.15, 0.2) is 24.3 Å². The van der Waals surface area contributed by atoms with Gasteiger partial charge in [-0.15, -0.1) is 0 Å². The topological polar surface area (TPSA) is 21.3 Å². The molecule has 1 N–H and O–H groups in total. The third-order valence-electron chi connectivity index (χ3n) is 4.94. The van der Waals surface area contributed by atoms with Crippen LogP contribution in [0.5, 0.6) is 5.75 Å². The van der Waals surface area contributed by atoms with Crippen LogP contribution in [0.25, 0.3) is 0 Å². The molecule has 0 amide bonds. The van der Waals surface area contributed by atoms with Crippen molar-refractivity contribution in [3.05, 3.63) is 29.8 Å². The highest BCUT2D eigenvalue weighted by Gasteiger charge is 2.36. The fourth-order valence-corrected chi connectivity index (χ4v) is 4.05. The van der Waals surface area contributed by atoms with E-state index in [0.717, 1.165) is 18.9 Å². The molecule has 3 rings (SSSR count). The van der Waals surface area contributed by atoms with Crippen molar-refractivity contribution < 1.29 is 4.74 Å². The van der Waals surface area contributed by atoms with E-state index in [1.54, 1.807) is 0 Å². The van der Waals surface area contributed by atoms with E-state index in [9.17, 15) is 0 Å². The molecule has 0 aromatic heterocycles. The third kappa shape index (κ3) is 2.64. The summed E-state index contributed by atoms with van der Waals surface area (Å²) in [5.41, 5.74) is 1.93. The van der Waals surface area contributed by atoms with Gasteiger partial charge in [-0.2, -0.15) is 0 Å². The number of benzene rings is 1. The fraction of sp³-hybridized carbons (Fsp3) is 0.647. The molecular weight excluding hydrogens is 234 g/mol. The van der Waals surface area contributed by atoms with Gasteiger partial charge in [0, 0.05) is 18.0 Å². The van der Waals surface area contributed by atoms with Crippen molar-refractivity contribution in [2.75, 3.05) is 20.2 Å². The number of rotatable bonds is 4. The predicted molar refractivity (Wildman–Crippen MR) is 78.7 cm³/mol. The minimum absolute atomic E-state index is 0.498. The van der Waals surface area contributed by atoms with Crippen molar-refractivity contribution in [1.29, 1.82) is 0 Å². The van der Waals surface area contributed by atoms with Gasteiger partial charge in [0.1, 0.15) is 5.75 Å². The summed E-state index contributed by atoms with van der Waals surface area (Å²) < 4.78 is 5.86. The van der Waals surface area contributed by atoms with Crippen LogP contribution in [0.3, 0.4) is 0 Å². The first kappa shape index (κ1) is 13.0. The summed E-state index contributed by atoms with van der Waals surface area (Å²) in [7, 11) is 2.09. The predicted octanol–water partition coefficient (Wildman–Crippen LogP) is 3.72. The Morgan fingerprint density at radius 1 is 1.21 bits per heavy atom. The quantitative estimate of drug-likeness (QED) is 0.889. The second kappa shape index (κ2) is 5.54. The zero-order chi connectivity index (χ0) is 13.1. The summed E-state index contributed by atoms with van der Waals surface area (Å²) >= 11 is 0. The Labute approximate surface area is 116 Å². The van der Waals surface area contributed by atoms with Crippen LogP contribution in [0, 0.1) is 5.41 Å². The van der Waals surface area contributed by atoms with E-state index in [4.69, 9.17) is 4.74 Å². The number of nitrogens with one attached hydrogen (secondary N) is 1. The maximum absolute atomic E-state index is 5.86. The normalized spacial score (nSPS) is 24.8. The second-order valence-corrected chi connectivity index (χ2v) is 6.34. The Bertz CT molecular complexity index is 418. The summed E-state index contributed by atoms with van der Waals surface area (Å²) in [6.07, 6.45) is 8.26. The monoisotopic (exact) mass is 259 g/mol. The molecule has 2 heteroatoms. The summed E-state index contributed by atoms with van der Waals surface area (Å²) in [6, 6.07) is 8.58. The van der Waals surface area contributed by atoms with Gasteiger partial charge in [-0.3, -0.25) is 0 Å². The Balaban J connectivity index is 1.76. The number of hydrogen-bond donors (Lipinski definition) is 1. The SMILES string of the molecule is CNCC1(CC2COc3ccccc32)CCCCC1. The van der Waals surface area contributed by atoms with Gasteiger partial charge in [-0.05, 0) is 37.8 Å². The van der Waals surface area contributed by atoms with Gasteiger partial charge in [0.25, 0.3) is 0 Å². The van der Waals surface area contributed by atoms with E-state index < -0.39 is 0 Å². The van der Waals surface area contributed by atoms with E-state index in [1.165, 1.54) is 44.1 Å². The minimum atomic E-state index is 0.498. The van der Waals surface area contributed by atoms with Crippen molar-refractivity contribution in [1.82, 2.24) is 5.32 Å². The van der Waals surface area contributed by atoms with E-state index >= 15 is 0 Å². The average Bonchev–Trinajstić information content (AvgIpc) is 2.83. The molecule has 1 aromatic rings. The van der Waals surface area contributed by atoms with Crippen molar-refractivity contribution in [3.63, 3.8) is 0 Å². The summed E-state index contributed by atoms with van der Waals surface area (Å²) in [5.74, 6) is 1.71. The van der Waals surface area contributed by atoms with Crippen molar-refractivity contribution in [2.45, 2.75) is 44.4 Å². The molecule has 19 heavy (non-hydrogen) atoms. The molecule has 1 saturated carbocycles. The van der Waals surface area contributed by atoms with E-state index in [2.05, 4.69) is 36.6 Å². The van der Waals surface area contributed by atoms with Crippen LogP contribution in [0.1, 0.15) is 50.0 Å². The molecule has 1 atom stereocenters. The largest absolute Gasteiger partial charge is 0.493 e. The summed E-state index contributed by atoms with van der Waals surface area (Å²) in [6.45, 7) is 2.04. The number of fused-ring (bicyclic) bond motifs is 1. The van der Waals surface area contributed by atoms with Gasteiger partial charge in [-0.1, -0.05) is 37.5 Å². The van der Waals surface area contributed by atoms with Gasteiger partial charge < -0.3 is 10.1 Å². The molecule has 1 fully saturated rings. The number of para-hydroxylation sites is 1.